The molecule has 322 valence electrons. The molecule has 0 radical (unpaired) electrons. The summed E-state index contributed by atoms with van der Waals surface area (Å²) in [5.74, 6) is -2.58. The number of nitrogens with zero attached hydrogens (tertiary/aromatic N) is 4. The Kier molecular flexibility index (Phi) is 19.2. The molecule has 4 N–H and O–H groups in total. The van der Waals surface area contributed by atoms with Gasteiger partial charge in [0.05, 0.1) is 37.1 Å². The van der Waals surface area contributed by atoms with E-state index in [0.717, 1.165) is 0 Å². The van der Waals surface area contributed by atoms with Crippen LogP contribution in [0.25, 0.3) is 0 Å². The summed E-state index contributed by atoms with van der Waals surface area (Å²) in [5.41, 5.74) is 0. The molecule has 2 fully saturated rings. The third-order valence-electron chi connectivity index (χ3n) is 11.1. The van der Waals surface area contributed by atoms with Gasteiger partial charge < -0.3 is 40.4 Å². The van der Waals surface area contributed by atoms with Crippen molar-refractivity contribution >= 4 is 35.4 Å². The van der Waals surface area contributed by atoms with Crippen molar-refractivity contribution in [3.8, 4) is 0 Å². The number of aliphatic hydroxyl groups excluding tert-OH is 2. The van der Waals surface area contributed by atoms with Gasteiger partial charge in [-0.05, 0) is 74.5 Å². The number of rotatable bonds is 10. The molecule has 14 nitrogen and oxygen atoms in total. The second kappa shape index (κ2) is 22.0. The molecule has 0 saturated carbocycles. The zero-order valence-electron chi connectivity index (χ0n) is 36.7. The zero-order chi connectivity index (χ0) is 42.8. The van der Waals surface area contributed by atoms with E-state index in [2.05, 4.69) is 10.6 Å². The van der Waals surface area contributed by atoms with E-state index < -0.39 is 78.0 Å². The third-order valence-corrected chi connectivity index (χ3v) is 11.1. The maximum atomic E-state index is 14.4. The number of carbonyl (C=O) groups excluding carboxylic acids is 6. The Hall–Kier alpha value is -3.26. The van der Waals surface area contributed by atoms with Crippen LogP contribution in [0.15, 0.2) is 0 Å². The SMILES string of the molecule is CC(C)C[C@@H]1NC(=O)[C@@H](CC(C)C)N(C)C(=O)[C@H](CC(C)C)N(C)C(=O)C[C@H](O)[C@H](CC(C)C)NC(=O)[C@H]2CCCN2C(=O)[C@H](CC(C)C)N(C)C(=O)C[C@@H]1O. The predicted molar refractivity (Wildman–Crippen MR) is 217 cm³/mol. The van der Waals surface area contributed by atoms with E-state index in [0.29, 0.717) is 51.5 Å². The summed E-state index contributed by atoms with van der Waals surface area (Å²) in [6, 6.07) is -5.28. The molecule has 2 aliphatic heterocycles. The summed E-state index contributed by atoms with van der Waals surface area (Å²) >= 11 is 0. The maximum absolute atomic E-state index is 14.4. The van der Waals surface area contributed by atoms with Gasteiger partial charge in [-0.25, -0.2) is 0 Å². The number of likely N-dealkylation sites (N-methyl/N-ethyl adjacent to an activating group) is 3. The Morgan fingerprint density at radius 1 is 0.536 bits per heavy atom. The molecule has 0 bridgehead atoms. The molecule has 0 aromatic rings. The summed E-state index contributed by atoms with van der Waals surface area (Å²) in [7, 11) is 4.61. The molecule has 0 aliphatic carbocycles. The zero-order valence-corrected chi connectivity index (χ0v) is 36.7. The van der Waals surface area contributed by atoms with E-state index in [1.165, 1.54) is 33.7 Å². The lowest BCUT2D eigenvalue weighted by atomic mass is 9.94. The van der Waals surface area contributed by atoms with Gasteiger partial charge in [0.25, 0.3) is 0 Å². The molecular weight excluding hydrogens is 716 g/mol. The van der Waals surface area contributed by atoms with Crippen molar-refractivity contribution in [3.05, 3.63) is 0 Å². The fraction of sp³-hybridized carbons (Fsp3) is 0.857. The highest BCUT2D eigenvalue weighted by Gasteiger charge is 2.42. The molecule has 2 rings (SSSR count). The third kappa shape index (κ3) is 14.0. The number of hydrogen-bond acceptors (Lipinski definition) is 8. The highest BCUT2D eigenvalue weighted by molar-refractivity contribution is 5.94. The second-order valence-corrected chi connectivity index (χ2v) is 18.6. The molecule has 6 amide bonds. The highest BCUT2D eigenvalue weighted by Crippen LogP contribution is 2.26. The Morgan fingerprint density at radius 3 is 1.32 bits per heavy atom. The lowest BCUT2D eigenvalue weighted by Crippen LogP contribution is -2.59. The van der Waals surface area contributed by atoms with Crippen molar-refractivity contribution in [1.29, 1.82) is 0 Å². The van der Waals surface area contributed by atoms with Crippen LogP contribution in [0.3, 0.4) is 0 Å². The topological polar surface area (TPSA) is 180 Å². The minimum atomic E-state index is -1.29. The van der Waals surface area contributed by atoms with Crippen LogP contribution in [0, 0.1) is 29.6 Å². The number of carbonyl (C=O) groups is 6. The van der Waals surface area contributed by atoms with Gasteiger partial charge in [0.1, 0.15) is 24.2 Å². The molecule has 0 aromatic heterocycles. The molecule has 2 heterocycles. The molecule has 0 aromatic carbocycles. The molecule has 0 spiro atoms. The fourth-order valence-electron chi connectivity index (χ4n) is 7.99. The van der Waals surface area contributed by atoms with Crippen molar-refractivity contribution in [1.82, 2.24) is 30.2 Å². The summed E-state index contributed by atoms with van der Waals surface area (Å²) in [6.45, 7) is 19.8. The van der Waals surface area contributed by atoms with Gasteiger partial charge >= 0.3 is 0 Å². The molecule has 14 heteroatoms. The van der Waals surface area contributed by atoms with E-state index in [1.807, 2.05) is 69.2 Å². The smallest absolute Gasteiger partial charge is 0.246 e. The molecule has 2 saturated heterocycles. The first kappa shape index (κ1) is 48.9. The van der Waals surface area contributed by atoms with Crippen LogP contribution >= 0.6 is 0 Å². The standard InChI is InChI=1S/C42H76N6O8/c1-24(2)17-29-35(49)22-37(51)45(11)33(20-27(7)8)41(55)47(13)32(19-26(5)6)40(54)44-30(18-25(3)4)36(50)23-38(52)46(12)34(21-28(9)10)42(56)48-16-14-15-31(48)39(53)43-29/h24-36,49-50H,14-23H2,1-13H3,(H,43,53)(H,44,54)/t29-,30-,31+,32+,33-,34-,35-,36-/m0/s1. The van der Waals surface area contributed by atoms with E-state index >= 15 is 0 Å². The maximum Gasteiger partial charge on any atom is 0.246 e. The normalized spacial score (nSPS) is 29.1. The van der Waals surface area contributed by atoms with Crippen LogP contribution in [0.5, 0.6) is 0 Å². The monoisotopic (exact) mass is 793 g/mol. The molecule has 2 aliphatic rings. The van der Waals surface area contributed by atoms with Gasteiger partial charge in [0.2, 0.25) is 35.4 Å². The van der Waals surface area contributed by atoms with Crippen molar-refractivity contribution in [2.75, 3.05) is 27.7 Å². The number of amides is 6. The summed E-state index contributed by atoms with van der Waals surface area (Å²) in [4.78, 5) is 90.4. The van der Waals surface area contributed by atoms with E-state index in [4.69, 9.17) is 0 Å². The molecule has 8 atom stereocenters. The van der Waals surface area contributed by atoms with Gasteiger partial charge in [-0.15, -0.1) is 0 Å². The van der Waals surface area contributed by atoms with E-state index in [9.17, 15) is 39.0 Å². The van der Waals surface area contributed by atoms with Gasteiger partial charge in [0.15, 0.2) is 0 Å². The molecular formula is C42H76N6O8. The van der Waals surface area contributed by atoms with Crippen molar-refractivity contribution in [3.63, 3.8) is 0 Å². The highest BCUT2D eigenvalue weighted by atomic mass is 16.3. The summed E-state index contributed by atoms with van der Waals surface area (Å²) < 4.78 is 0. The average Bonchev–Trinajstić information content (AvgIpc) is 3.59. The Morgan fingerprint density at radius 2 is 0.911 bits per heavy atom. The van der Waals surface area contributed by atoms with Crippen molar-refractivity contribution in [2.45, 2.75) is 175 Å². The molecule has 56 heavy (non-hydrogen) atoms. The largest absolute Gasteiger partial charge is 0.390 e. The number of nitrogens with one attached hydrogen (secondary N) is 2. The van der Waals surface area contributed by atoms with Crippen LogP contribution in [-0.4, -0.2) is 141 Å². The molecule has 0 unspecified atom stereocenters. The average molecular weight is 793 g/mol. The van der Waals surface area contributed by atoms with Gasteiger partial charge in [-0.2, -0.15) is 0 Å². The first-order valence-corrected chi connectivity index (χ1v) is 21.0. The first-order valence-electron chi connectivity index (χ1n) is 21.0. The minimum Gasteiger partial charge on any atom is -0.390 e. The number of fused-ring (bicyclic) bond motifs is 1. The number of hydrogen-bond donors (Lipinski definition) is 4. The van der Waals surface area contributed by atoms with Crippen LogP contribution < -0.4 is 10.6 Å². The minimum absolute atomic E-state index is 0.0000466. The lowest BCUT2D eigenvalue weighted by molar-refractivity contribution is -0.150. The van der Waals surface area contributed by atoms with E-state index in [1.54, 1.807) is 7.05 Å². The van der Waals surface area contributed by atoms with Crippen LogP contribution in [0.4, 0.5) is 0 Å². The lowest BCUT2D eigenvalue weighted by Gasteiger charge is -2.38. The van der Waals surface area contributed by atoms with Crippen molar-refractivity contribution in [2.24, 2.45) is 29.6 Å². The van der Waals surface area contributed by atoms with Gasteiger partial charge in [-0.3, -0.25) is 28.8 Å². The van der Waals surface area contributed by atoms with Crippen LogP contribution in [0.2, 0.25) is 0 Å². The summed E-state index contributed by atoms with van der Waals surface area (Å²) in [6.07, 6.45) is -0.682. The Balaban J connectivity index is 2.73. The van der Waals surface area contributed by atoms with Gasteiger partial charge in [0, 0.05) is 27.7 Å². The van der Waals surface area contributed by atoms with Crippen molar-refractivity contribution < 1.29 is 39.0 Å². The van der Waals surface area contributed by atoms with Gasteiger partial charge in [-0.1, -0.05) is 69.2 Å². The van der Waals surface area contributed by atoms with Crippen LogP contribution in [0.1, 0.15) is 127 Å². The Bertz CT molecular complexity index is 1340. The first-order chi connectivity index (χ1) is 26.0. The fourth-order valence-corrected chi connectivity index (χ4v) is 7.99. The predicted octanol–water partition coefficient (Wildman–Crippen LogP) is 3.17. The number of aliphatic hydroxyl groups is 2. The van der Waals surface area contributed by atoms with E-state index in [-0.39, 0.29) is 48.3 Å². The Labute approximate surface area is 336 Å². The second-order valence-electron chi connectivity index (χ2n) is 18.6. The van der Waals surface area contributed by atoms with Crippen LogP contribution in [-0.2, 0) is 28.8 Å². The summed E-state index contributed by atoms with van der Waals surface area (Å²) in [5, 5.41) is 29.1. The quantitative estimate of drug-likeness (QED) is 0.261.